The Bertz CT molecular complexity index is 256. The first-order valence-corrected chi connectivity index (χ1v) is 7.56. The summed E-state index contributed by atoms with van der Waals surface area (Å²) in [6, 6.07) is 0. The first-order chi connectivity index (χ1) is 9.70. The molecule has 0 radical (unpaired) electrons. The van der Waals surface area contributed by atoms with Crippen molar-refractivity contribution in [2.24, 2.45) is 5.92 Å². The molecule has 1 saturated heterocycles. The Hall–Kier alpha value is -0.690. The van der Waals surface area contributed by atoms with Gasteiger partial charge >= 0.3 is 0 Å². The van der Waals surface area contributed by atoms with Crippen LogP contribution in [0.25, 0.3) is 0 Å². The van der Waals surface area contributed by atoms with Crippen molar-refractivity contribution in [2.75, 3.05) is 65.7 Å². The third-order valence-corrected chi connectivity index (χ3v) is 3.20. The molecule has 1 aliphatic heterocycles. The van der Waals surface area contributed by atoms with Gasteiger partial charge in [0.25, 0.3) is 0 Å². The Morgan fingerprint density at radius 3 is 2.45 bits per heavy atom. The molecule has 1 rings (SSSR count). The van der Waals surface area contributed by atoms with Gasteiger partial charge in [-0.1, -0.05) is 13.8 Å². The van der Waals surface area contributed by atoms with Crippen molar-refractivity contribution >= 4 is 5.91 Å². The molecule has 1 amide bonds. The van der Waals surface area contributed by atoms with Crippen molar-refractivity contribution in [3.8, 4) is 0 Å². The second-order valence-electron chi connectivity index (χ2n) is 5.26. The largest absolute Gasteiger partial charge is 0.378 e. The Morgan fingerprint density at radius 1 is 1.15 bits per heavy atom. The summed E-state index contributed by atoms with van der Waals surface area (Å²) in [7, 11) is 0. The molecule has 0 aliphatic carbocycles. The lowest BCUT2D eigenvalue weighted by Gasteiger charge is -2.26. The molecule has 0 spiro atoms. The monoisotopic (exact) mass is 287 g/mol. The van der Waals surface area contributed by atoms with Crippen LogP contribution in [0.15, 0.2) is 0 Å². The number of carbonyl (C=O) groups excluding carboxylic acids is 1. The van der Waals surface area contributed by atoms with Gasteiger partial charge in [0.2, 0.25) is 5.91 Å². The van der Waals surface area contributed by atoms with Crippen molar-refractivity contribution in [1.82, 2.24) is 15.5 Å². The van der Waals surface area contributed by atoms with Gasteiger partial charge in [0.15, 0.2) is 0 Å². The number of piperazine rings is 1. The minimum atomic E-state index is 0.0309. The van der Waals surface area contributed by atoms with Crippen LogP contribution in [0, 0.1) is 5.92 Å². The van der Waals surface area contributed by atoms with Crippen LogP contribution in [0.3, 0.4) is 0 Å². The van der Waals surface area contributed by atoms with Crippen LogP contribution >= 0.6 is 0 Å². The molecule has 0 aromatic rings. The molecular weight excluding hydrogens is 258 g/mol. The SMILES string of the molecule is CC(C)C(=O)NCCOCCOCCN1CCNCC1. The van der Waals surface area contributed by atoms with Crippen molar-refractivity contribution in [3.05, 3.63) is 0 Å². The lowest BCUT2D eigenvalue weighted by Crippen LogP contribution is -2.44. The van der Waals surface area contributed by atoms with Gasteiger partial charge in [-0.15, -0.1) is 0 Å². The Kier molecular flexibility index (Phi) is 9.57. The van der Waals surface area contributed by atoms with Gasteiger partial charge in [-0.05, 0) is 0 Å². The molecule has 2 N–H and O–H groups in total. The normalized spacial score (nSPS) is 16.6. The minimum Gasteiger partial charge on any atom is -0.378 e. The lowest BCUT2D eigenvalue weighted by molar-refractivity contribution is -0.124. The molecule has 0 bridgehead atoms. The highest BCUT2D eigenvalue weighted by Crippen LogP contribution is 1.92. The molecule has 1 aliphatic rings. The predicted molar refractivity (Wildman–Crippen MR) is 78.8 cm³/mol. The van der Waals surface area contributed by atoms with E-state index in [0.717, 1.165) is 39.3 Å². The zero-order valence-corrected chi connectivity index (χ0v) is 12.8. The van der Waals surface area contributed by atoms with E-state index in [-0.39, 0.29) is 11.8 Å². The average molecular weight is 287 g/mol. The van der Waals surface area contributed by atoms with Crippen molar-refractivity contribution in [3.63, 3.8) is 0 Å². The Labute approximate surface area is 122 Å². The fraction of sp³-hybridized carbons (Fsp3) is 0.929. The summed E-state index contributed by atoms with van der Waals surface area (Å²) in [5.74, 6) is 0.101. The van der Waals surface area contributed by atoms with Gasteiger partial charge < -0.3 is 20.1 Å². The van der Waals surface area contributed by atoms with E-state index >= 15 is 0 Å². The average Bonchev–Trinajstić information content (AvgIpc) is 2.46. The van der Waals surface area contributed by atoms with Gasteiger partial charge in [0.1, 0.15) is 0 Å². The lowest BCUT2D eigenvalue weighted by atomic mass is 10.2. The third kappa shape index (κ3) is 8.47. The van der Waals surface area contributed by atoms with E-state index in [9.17, 15) is 4.79 Å². The highest BCUT2D eigenvalue weighted by Gasteiger charge is 2.08. The summed E-state index contributed by atoms with van der Waals surface area (Å²) in [6.45, 7) is 12.2. The van der Waals surface area contributed by atoms with E-state index in [1.807, 2.05) is 13.8 Å². The third-order valence-electron chi connectivity index (χ3n) is 3.20. The number of hydrogen-bond acceptors (Lipinski definition) is 5. The number of hydrogen-bond donors (Lipinski definition) is 2. The number of nitrogens with one attached hydrogen (secondary N) is 2. The number of nitrogens with zero attached hydrogens (tertiary/aromatic N) is 1. The van der Waals surface area contributed by atoms with E-state index in [4.69, 9.17) is 9.47 Å². The standard InChI is InChI=1S/C14H29N3O3/c1-13(2)14(18)16-5-9-19-11-12-20-10-8-17-6-3-15-4-7-17/h13,15H,3-12H2,1-2H3,(H,16,18). The van der Waals surface area contributed by atoms with Crippen LogP contribution < -0.4 is 10.6 Å². The molecule has 20 heavy (non-hydrogen) atoms. The van der Waals surface area contributed by atoms with Crippen LogP contribution in [-0.4, -0.2) is 76.5 Å². The summed E-state index contributed by atoms with van der Waals surface area (Å²) >= 11 is 0. The van der Waals surface area contributed by atoms with E-state index < -0.39 is 0 Å². The smallest absolute Gasteiger partial charge is 0.222 e. The summed E-state index contributed by atoms with van der Waals surface area (Å²) in [6.07, 6.45) is 0. The highest BCUT2D eigenvalue weighted by atomic mass is 16.5. The molecule has 6 nitrogen and oxygen atoms in total. The fourth-order valence-electron chi connectivity index (χ4n) is 1.90. The number of amides is 1. The zero-order valence-electron chi connectivity index (χ0n) is 12.8. The predicted octanol–water partition coefficient (Wildman–Crippen LogP) is -0.303. The number of rotatable bonds is 10. The highest BCUT2D eigenvalue weighted by molar-refractivity contribution is 5.77. The van der Waals surface area contributed by atoms with Gasteiger partial charge in [-0.3, -0.25) is 9.69 Å². The summed E-state index contributed by atoms with van der Waals surface area (Å²) in [5, 5.41) is 6.14. The number of carbonyl (C=O) groups is 1. The molecule has 0 atom stereocenters. The van der Waals surface area contributed by atoms with E-state index in [1.54, 1.807) is 0 Å². The fourth-order valence-corrected chi connectivity index (χ4v) is 1.90. The van der Waals surface area contributed by atoms with Crippen LogP contribution in [-0.2, 0) is 14.3 Å². The first kappa shape index (κ1) is 17.4. The van der Waals surface area contributed by atoms with E-state index in [2.05, 4.69) is 15.5 Å². The molecule has 1 heterocycles. The molecule has 6 heteroatoms. The molecule has 0 saturated carbocycles. The number of ether oxygens (including phenoxy) is 2. The molecular formula is C14H29N3O3. The molecule has 118 valence electrons. The second kappa shape index (κ2) is 11.0. The Balaban J connectivity index is 1.79. The van der Waals surface area contributed by atoms with Crippen molar-refractivity contribution in [2.45, 2.75) is 13.8 Å². The topological polar surface area (TPSA) is 62.8 Å². The molecule has 0 unspecified atom stereocenters. The zero-order chi connectivity index (χ0) is 14.6. The van der Waals surface area contributed by atoms with Gasteiger partial charge in [0, 0.05) is 45.2 Å². The van der Waals surface area contributed by atoms with Crippen LogP contribution in [0.1, 0.15) is 13.8 Å². The molecule has 1 fully saturated rings. The quantitative estimate of drug-likeness (QED) is 0.540. The summed E-state index contributed by atoms with van der Waals surface area (Å²) in [4.78, 5) is 13.7. The van der Waals surface area contributed by atoms with Gasteiger partial charge in [0.05, 0.1) is 26.4 Å². The molecule has 0 aromatic carbocycles. The van der Waals surface area contributed by atoms with Gasteiger partial charge in [-0.25, -0.2) is 0 Å². The minimum absolute atomic E-state index is 0.0309. The summed E-state index contributed by atoms with van der Waals surface area (Å²) in [5.41, 5.74) is 0. The van der Waals surface area contributed by atoms with Crippen LogP contribution in [0.2, 0.25) is 0 Å². The van der Waals surface area contributed by atoms with Crippen LogP contribution in [0.5, 0.6) is 0 Å². The van der Waals surface area contributed by atoms with E-state index in [1.165, 1.54) is 0 Å². The maximum Gasteiger partial charge on any atom is 0.222 e. The maximum absolute atomic E-state index is 11.3. The van der Waals surface area contributed by atoms with Crippen molar-refractivity contribution < 1.29 is 14.3 Å². The maximum atomic E-state index is 11.3. The van der Waals surface area contributed by atoms with Gasteiger partial charge in [-0.2, -0.15) is 0 Å². The first-order valence-electron chi connectivity index (χ1n) is 7.56. The summed E-state index contributed by atoms with van der Waals surface area (Å²) < 4.78 is 10.9. The molecule has 0 aromatic heterocycles. The Morgan fingerprint density at radius 2 is 1.80 bits per heavy atom. The second-order valence-corrected chi connectivity index (χ2v) is 5.26. The van der Waals surface area contributed by atoms with E-state index in [0.29, 0.717) is 26.4 Å². The van der Waals surface area contributed by atoms with Crippen LogP contribution in [0.4, 0.5) is 0 Å². The van der Waals surface area contributed by atoms with Crippen molar-refractivity contribution in [1.29, 1.82) is 0 Å².